The van der Waals surface area contributed by atoms with Crippen LogP contribution in [0.1, 0.15) is 11.1 Å². The van der Waals surface area contributed by atoms with E-state index in [-0.39, 0.29) is 13.2 Å². The minimum atomic E-state index is -1.04. The Hall–Kier alpha value is -2.66. The standard InChI is InChI=1S/C17H17NO4/c19-11-16(21-12-14-7-3-1-4-8-14)18-17(20)22-13-15-9-5-2-6-10-15/h1-11,16H,12-13H2,(H,18,20). The minimum absolute atomic E-state index is 0.136. The molecule has 1 unspecified atom stereocenters. The lowest BCUT2D eigenvalue weighted by Crippen LogP contribution is -2.38. The van der Waals surface area contributed by atoms with E-state index in [1.165, 1.54) is 0 Å². The molecule has 0 fully saturated rings. The van der Waals surface area contributed by atoms with E-state index in [9.17, 15) is 9.59 Å². The highest BCUT2D eigenvalue weighted by Gasteiger charge is 2.12. The fourth-order valence-electron chi connectivity index (χ4n) is 1.76. The number of benzene rings is 2. The van der Waals surface area contributed by atoms with Gasteiger partial charge in [-0.1, -0.05) is 60.7 Å². The SMILES string of the molecule is O=CC(NC(=O)OCc1ccccc1)OCc1ccccc1. The first-order chi connectivity index (χ1) is 10.8. The van der Waals surface area contributed by atoms with Crippen LogP contribution in [0.4, 0.5) is 4.79 Å². The molecule has 2 rings (SSSR count). The molecule has 22 heavy (non-hydrogen) atoms. The zero-order valence-electron chi connectivity index (χ0n) is 12.0. The number of aldehydes is 1. The Bertz CT molecular complexity index is 586. The molecule has 1 amide bonds. The number of amides is 1. The van der Waals surface area contributed by atoms with E-state index < -0.39 is 12.3 Å². The van der Waals surface area contributed by atoms with Crippen molar-refractivity contribution in [1.82, 2.24) is 5.32 Å². The van der Waals surface area contributed by atoms with Gasteiger partial charge in [-0.05, 0) is 11.1 Å². The van der Waals surface area contributed by atoms with E-state index >= 15 is 0 Å². The van der Waals surface area contributed by atoms with Crippen LogP contribution in [0.3, 0.4) is 0 Å². The van der Waals surface area contributed by atoms with Crippen LogP contribution in [0.25, 0.3) is 0 Å². The highest BCUT2D eigenvalue weighted by Crippen LogP contribution is 2.03. The topological polar surface area (TPSA) is 64.6 Å². The van der Waals surface area contributed by atoms with E-state index in [2.05, 4.69) is 5.32 Å². The first-order valence-corrected chi connectivity index (χ1v) is 6.86. The molecule has 0 saturated heterocycles. The summed E-state index contributed by atoms with van der Waals surface area (Å²) in [4.78, 5) is 22.6. The lowest BCUT2D eigenvalue weighted by Gasteiger charge is -2.14. The predicted octanol–water partition coefficient (Wildman–Crippen LogP) is 2.65. The van der Waals surface area contributed by atoms with Crippen LogP contribution in [-0.4, -0.2) is 18.6 Å². The summed E-state index contributed by atoms with van der Waals surface area (Å²) in [7, 11) is 0. The number of carbonyl (C=O) groups excluding carboxylic acids is 2. The van der Waals surface area contributed by atoms with E-state index in [4.69, 9.17) is 9.47 Å². The summed E-state index contributed by atoms with van der Waals surface area (Å²) in [5, 5.41) is 2.36. The molecular weight excluding hydrogens is 282 g/mol. The number of hydrogen-bond acceptors (Lipinski definition) is 4. The highest BCUT2D eigenvalue weighted by molar-refractivity contribution is 5.72. The molecule has 0 saturated carbocycles. The summed E-state index contributed by atoms with van der Waals surface area (Å²) in [6.45, 7) is 0.361. The van der Waals surface area contributed by atoms with Crippen molar-refractivity contribution in [2.75, 3.05) is 0 Å². The molecule has 5 heteroatoms. The van der Waals surface area contributed by atoms with Gasteiger partial charge in [-0.15, -0.1) is 0 Å². The second kappa shape index (κ2) is 8.59. The lowest BCUT2D eigenvalue weighted by molar-refractivity contribution is -0.120. The lowest BCUT2D eigenvalue weighted by atomic mass is 10.2. The number of rotatable bonds is 7. The van der Waals surface area contributed by atoms with E-state index in [0.717, 1.165) is 11.1 Å². The monoisotopic (exact) mass is 299 g/mol. The van der Waals surface area contributed by atoms with Crippen molar-refractivity contribution < 1.29 is 19.1 Å². The average Bonchev–Trinajstić information content (AvgIpc) is 2.58. The molecule has 1 atom stereocenters. The molecule has 0 spiro atoms. The Morgan fingerprint density at radius 2 is 1.50 bits per heavy atom. The zero-order chi connectivity index (χ0) is 15.6. The van der Waals surface area contributed by atoms with E-state index in [1.807, 2.05) is 60.7 Å². The maximum absolute atomic E-state index is 11.6. The molecule has 114 valence electrons. The summed E-state index contributed by atoms with van der Waals surface area (Å²) >= 11 is 0. The van der Waals surface area contributed by atoms with Crippen LogP contribution in [0.5, 0.6) is 0 Å². The van der Waals surface area contributed by atoms with Crippen molar-refractivity contribution in [3.05, 3.63) is 71.8 Å². The van der Waals surface area contributed by atoms with Gasteiger partial charge in [0.05, 0.1) is 6.61 Å². The Morgan fingerprint density at radius 3 is 2.05 bits per heavy atom. The summed E-state index contributed by atoms with van der Waals surface area (Å²) in [6.07, 6.45) is -1.22. The Kier molecular flexibility index (Phi) is 6.14. The van der Waals surface area contributed by atoms with Gasteiger partial charge in [0.1, 0.15) is 6.61 Å². The molecule has 0 aliphatic carbocycles. The van der Waals surface area contributed by atoms with Crippen molar-refractivity contribution in [2.45, 2.75) is 19.4 Å². The van der Waals surface area contributed by atoms with Gasteiger partial charge in [0.25, 0.3) is 0 Å². The van der Waals surface area contributed by atoms with Gasteiger partial charge < -0.3 is 9.47 Å². The molecule has 0 aliphatic rings. The van der Waals surface area contributed by atoms with Gasteiger partial charge in [0, 0.05) is 0 Å². The molecule has 0 aromatic heterocycles. The molecular formula is C17H17NO4. The molecule has 2 aromatic rings. The summed E-state index contributed by atoms with van der Waals surface area (Å²) < 4.78 is 10.3. The van der Waals surface area contributed by atoms with Crippen LogP contribution >= 0.6 is 0 Å². The first kappa shape index (κ1) is 15.7. The maximum atomic E-state index is 11.6. The van der Waals surface area contributed by atoms with Crippen LogP contribution in [0.15, 0.2) is 60.7 Å². The third-order valence-electron chi connectivity index (χ3n) is 2.87. The van der Waals surface area contributed by atoms with Gasteiger partial charge in [0.15, 0.2) is 12.5 Å². The van der Waals surface area contributed by atoms with Crippen molar-refractivity contribution in [3.63, 3.8) is 0 Å². The molecule has 1 N–H and O–H groups in total. The summed E-state index contributed by atoms with van der Waals surface area (Å²) in [6, 6.07) is 18.6. The van der Waals surface area contributed by atoms with Crippen LogP contribution in [-0.2, 0) is 27.5 Å². The number of alkyl carbamates (subject to hydrolysis) is 1. The number of nitrogens with one attached hydrogen (secondary N) is 1. The van der Waals surface area contributed by atoms with Crippen molar-refractivity contribution >= 4 is 12.4 Å². The maximum Gasteiger partial charge on any atom is 0.409 e. The van der Waals surface area contributed by atoms with Crippen molar-refractivity contribution in [1.29, 1.82) is 0 Å². The quantitative estimate of drug-likeness (QED) is 0.630. The van der Waals surface area contributed by atoms with Crippen LogP contribution < -0.4 is 5.32 Å². The molecule has 0 bridgehead atoms. The second-order valence-electron chi connectivity index (χ2n) is 4.56. The second-order valence-corrected chi connectivity index (χ2v) is 4.56. The smallest absolute Gasteiger partial charge is 0.409 e. The van der Waals surface area contributed by atoms with E-state index in [0.29, 0.717) is 6.29 Å². The minimum Gasteiger partial charge on any atom is -0.445 e. The molecule has 5 nitrogen and oxygen atoms in total. The van der Waals surface area contributed by atoms with Crippen LogP contribution in [0, 0.1) is 0 Å². The van der Waals surface area contributed by atoms with Crippen molar-refractivity contribution in [2.24, 2.45) is 0 Å². The zero-order valence-corrected chi connectivity index (χ0v) is 12.0. The van der Waals surface area contributed by atoms with Gasteiger partial charge in [-0.3, -0.25) is 10.1 Å². The summed E-state index contributed by atoms with van der Waals surface area (Å²) in [5.41, 5.74) is 1.78. The van der Waals surface area contributed by atoms with Gasteiger partial charge in [-0.25, -0.2) is 4.79 Å². The number of ether oxygens (including phenoxy) is 2. The fraction of sp³-hybridized carbons (Fsp3) is 0.176. The predicted molar refractivity (Wildman–Crippen MR) is 80.8 cm³/mol. The number of hydrogen-bond donors (Lipinski definition) is 1. The van der Waals surface area contributed by atoms with Crippen LogP contribution in [0.2, 0.25) is 0 Å². The normalized spacial score (nSPS) is 11.5. The highest BCUT2D eigenvalue weighted by atomic mass is 16.6. The Balaban J connectivity index is 1.74. The molecule has 0 aliphatic heterocycles. The third kappa shape index (κ3) is 5.38. The average molecular weight is 299 g/mol. The number of carbonyl (C=O) groups is 2. The van der Waals surface area contributed by atoms with Gasteiger partial charge in [0.2, 0.25) is 0 Å². The summed E-state index contributed by atoms with van der Waals surface area (Å²) in [5.74, 6) is 0. The molecule has 0 heterocycles. The fourth-order valence-corrected chi connectivity index (χ4v) is 1.76. The molecule has 2 aromatic carbocycles. The van der Waals surface area contributed by atoms with Crippen molar-refractivity contribution in [3.8, 4) is 0 Å². The Labute approximate surface area is 128 Å². The molecule has 0 radical (unpaired) electrons. The third-order valence-corrected chi connectivity index (χ3v) is 2.87. The first-order valence-electron chi connectivity index (χ1n) is 6.86. The van der Waals surface area contributed by atoms with Gasteiger partial charge in [-0.2, -0.15) is 0 Å². The van der Waals surface area contributed by atoms with E-state index in [1.54, 1.807) is 0 Å². The Morgan fingerprint density at radius 1 is 0.955 bits per heavy atom. The largest absolute Gasteiger partial charge is 0.445 e. The van der Waals surface area contributed by atoms with Gasteiger partial charge >= 0.3 is 6.09 Å².